The number of carbonyl (C=O) groups is 4. The molecule has 36 heavy (non-hydrogen) atoms. The van der Waals surface area contributed by atoms with E-state index in [-0.39, 0.29) is 37.7 Å². The van der Waals surface area contributed by atoms with Gasteiger partial charge in [-0.25, -0.2) is 4.79 Å². The molecule has 0 aliphatic rings. The summed E-state index contributed by atoms with van der Waals surface area (Å²) in [6, 6.07) is 5.19. The number of benzene rings is 1. The molecular weight excluding hydrogens is 466 g/mol. The van der Waals surface area contributed by atoms with Gasteiger partial charge in [-0.1, -0.05) is 44.2 Å². The van der Waals surface area contributed by atoms with Crippen LogP contribution in [0.15, 0.2) is 35.3 Å². The molecule has 0 aromatic heterocycles. The minimum absolute atomic E-state index is 0.0428. The molecule has 0 radical (unpaired) electrons. The second-order valence-corrected chi connectivity index (χ2v) is 9.07. The number of aliphatic imine (C=N–C) groups is 1. The van der Waals surface area contributed by atoms with Crippen molar-refractivity contribution in [2.24, 2.45) is 28.1 Å². The van der Waals surface area contributed by atoms with Crippen LogP contribution >= 0.6 is 0 Å². The summed E-state index contributed by atoms with van der Waals surface area (Å²) in [6.45, 7) is 5.35. The molecule has 3 amide bonds. The molecule has 0 saturated heterocycles. The van der Waals surface area contributed by atoms with Crippen molar-refractivity contribution in [3.63, 3.8) is 0 Å². The first-order chi connectivity index (χ1) is 16.9. The van der Waals surface area contributed by atoms with E-state index in [9.17, 15) is 24.3 Å². The van der Waals surface area contributed by atoms with E-state index in [1.165, 1.54) is 6.92 Å². The second kappa shape index (κ2) is 15.4. The molecule has 0 heterocycles. The number of carbonyl (C=O) groups excluding carboxylic acids is 3. The van der Waals surface area contributed by atoms with E-state index < -0.39 is 47.9 Å². The Balaban J connectivity index is 2.83. The molecule has 0 spiro atoms. The number of aliphatic carboxylic acids is 1. The predicted octanol–water partition coefficient (Wildman–Crippen LogP) is -0.785. The van der Waals surface area contributed by atoms with Crippen LogP contribution in [0.4, 0.5) is 0 Å². The first-order valence-corrected chi connectivity index (χ1v) is 11.9. The monoisotopic (exact) mass is 505 g/mol. The Morgan fingerprint density at radius 3 is 2.08 bits per heavy atom. The fourth-order valence-corrected chi connectivity index (χ4v) is 3.38. The summed E-state index contributed by atoms with van der Waals surface area (Å²) in [5.74, 6) is -3.00. The maximum Gasteiger partial charge on any atom is 0.326 e. The van der Waals surface area contributed by atoms with E-state index in [1.54, 1.807) is 0 Å². The topological polar surface area (TPSA) is 215 Å². The number of amides is 3. The Labute approximate surface area is 211 Å². The van der Waals surface area contributed by atoms with Gasteiger partial charge in [-0.3, -0.25) is 19.4 Å². The van der Waals surface area contributed by atoms with Crippen molar-refractivity contribution in [2.75, 3.05) is 6.54 Å². The quantitative estimate of drug-likeness (QED) is 0.0908. The molecule has 0 saturated carbocycles. The third-order valence-electron chi connectivity index (χ3n) is 5.29. The van der Waals surface area contributed by atoms with Crippen molar-refractivity contribution >= 4 is 29.7 Å². The maximum atomic E-state index is 13.0. The number of carboxylic acid groups (broad SMARTS) is 1. The van der Waals surface area contributed by atoms with Gasteiger partial charge in [0.1, 0.15) is 18.1 Å². The third-order valence-corrected chi connectivity index (χ3v) is 5.29. The van der Waals surface area contributed by atoms with Crippen molar-refractivity contribution in [2.45, 2.75) is 70.6 Å². The average molecular weight is 506 g/mol. The first-order valence-electron chi connectivity index (χ1n) is 11.9. The highest BCUT2D eigenvalue weighted by atomic mass is 16.4. The molecule has 4 atom stereocenters. The zero-order valence-electron chi connectivity index (χ0n) is 21.1. The van der Waals surface area contributed by atoms with Crippen LogP contribution < -0.4 is 33.2 Å². The molecule has 1 rings (SSSR count). The Bertz CT molecular complexity index is 903. The molecule has 0 aliphatic carbocycles. The average Bonchev–Trinajstić information content (AvgIpc) is 2.80. The Morgan fingerprint density at radius 1 is 0.917 bits per heavy atom. The van der Waals surface area contributed by atoms with E-state index >= 15 is 0 Å². The van der Waals surface area contributed by atoms with Gasteiger partial charge < -0.3 is 38.3 Å². The standard InChI is InChI=1S/C24H39N7O5/c1-14(2)12-19(23(35)36)31-20(32)15(3)29-22(34)18(10-7-11-28-24(26)27)30-21(33)17(25)13-16-8-5-4-6-9-16/h4-6,8-9,14-15,17-19H,7,10-13,25H2,1-3H3,(H,29,34)(H,30,33)(H,31,32)(H,35,36)(H4,26,27,28). The second-order valence-electron chi connectivity index (χ2n) is 9.07. The van der Waals surface area contributed by atoms with Crippen LogP contribution in [0.3, 0.4) is 0 Å². The van der Waals surface area contributed by atoms with Gasteiger partial charge >= 0.3 is 5.97 Å². The number of nitrogens with zero attached hydrogens (tertiary/aromatic N) is 1. The minimum atomic E-state index is -1.16. The van der Waals surface area contributed by atoms with Crippen LogP contribution in [-0.4, -0.2) is 65.5 Å². The van der Waals surface area contributed by atoms with Crippen LogP contribution in [0.25, 0.3) is 0 Å². The van der Waals surface area contributed by atoms with Crippen LogP contribution in [0.5, 0.6) is 0 Å². The van der Waals surface area contributed by atoms with E-state index in [2.05, 4.69) is 20.9 Å². The Hall–Kier alpha value is -3.67. The number of rotatable bonds is 15. The van der Waals surface area contributed by atoms with Crippen molar-refractivity contribution in [3.8, 4) is 0 Å². The van der Waals surface area contributed by atoms with Crippen LogP contribution in [0.1, 0.15) is 45.6 Å². The van der Waals surface area contributed by atoms with Gasteiger partial charge in [-0.2, -0.15) is 0 Å². The molecule has 12 heteroatoms. The minimum Gasteiger partial charge on any atom is -0.480 e. The summed E-state index contributed by atoms with van der Waals surface area (Å²) in [4.78, 5) is 53.5. The summed E-state index contributed by atoms with van der Waals surface area (Å²) in [5.41, 5.74) is 17.6. The van der Waals surface area contributed by atoms with Gasteiger partial charge in [0.25, 0.3) is 0 Å². The van der Waals surface area contributed by atoms with E-state index in [1.807, 2.05) is 44.2 Å². The largest absolute Gasteiger partial charge is 0.480 e. The fraction of sp³-hybridized carbons (Fsp3) is 0.542. The van der Waals surface area contributed by atoms with Crippen molar-refractivity contribution in [3.05, 3.63) is 35.9 Å². The van der Waals surface area contributed by atoms with Gasteiger partial charge in [-0.05, 0) is 44.1 Å². The lowest BCUT2D eigenvalue weighted by Crippen LogP contribution is -2.56. The third kappa shape index (κ3) is 11.6. The number of guanidine groups is 1. The highest BCUT2D eigenvalue weighted by Crippen LogP contribution is 2.07. The van der Waals surface area contributed by atoms with E-state index in [0.29, 0.717) is 6.42 Å². The molecule has 10 N–H and O–H groups in total. The number of hydrogen-bond acceptors (Lipinski definition) is 6. The predicted molar refractivity (Wildman–Crippen MR) is 137 cm³/mol. The van der Waals surface area contributed by atoms with Gasteiger partial charge in [-0.15, -0.1) is 0 Å². The van der Waals surface area contributed by atoms with Crippen LogP contribution in [0.2, 0.25) is 0 Å². The van der Waals surface area contributed by atoms with E-state index in [0.717, 1.165) is 5.56 Å². The summed E-state index contributed by atoms with van der Waals surface area (Å²) in [5, 5.41) is 17.0. The summed E-state index contributed by atoms with van der Waals surface area (Å²) < 4.78 is 0. The van der Waals surface area contributed by atoms with Crippen LogP contribution in [-0.2, 0) is 25.6 Å². The van der Waals surface area contributed by atoms with Crippen LogP contribution in [0, 0.1) is 5.92 Å². The lowest BCUT2D eigenvalue weighted by Gasteiger charge is -2.24. The number of nitrogens with two attached hydrogens (primary N) is 3. The molecular formula is C24H39N7O5. The normalized spacial score (nSPS) is 14.1. The smallest absolute Gasteiger partial charge is 0.326 e. The van der Waals surface area contributed by atoms with E-state index in [4.69, 9.17) is 17.2 Å². The summed E-state index contributed by atoms with van der Waals surface area (Å²) >= 11 is 0. The maximum absolute atomic E-state index is 13.0. The Morgan fingerprint density at radius 2 is 1.53 bits per heavy atom. The molecule has 1 aromatic rings. The van der Waals surface area contributed by atoms with Crippen molar-refractivity contribution in [1.82, 2.24) is 16.0 Å². The fourth-order valence-electron chi connectivity index (χ4n) is 3.38. The van der Waals surface area contributed by atoms with Gasteiger partial charge in [0.05, 0.1) is 6.04 Å². The summed E-state index contributed by atoms with van der Waals surface area (Å²) in [7, 11) is 0. The molecule has 200 valence electrons. The highest BCUT2D eigenvalue weighted by molar-refractivity contribution is 5.93. The number of hydrogen-bond donors (Lipinski definition) is 7. The summed E-state index contributed by atoms with van der Waals surface area (Å²) in [6.07, 6.45) is 1.08. The lowest BCUT2D eigenvalue weighted by atomic mass is 10.0. The lowest BCUT2D eigenvalue weighted by molar-refractivity contribution is -0.142. The molecule has 0 fully saturated rings. The SMILES string of the molecule is CC(C)CC(NC(=O)C(C)NC(=O)C(CCCN=C(N)N)NC(=O)C(N)Cc1ccccc1)C(=O)O. The zero-order chi connectivity index (χ0) is 27.3. The highest BCUT2D eigenvalue weighted by Gasteiger charge is 2.28. The van der Waals surface area contributed by atoms with Gasteiger partial charge in [0.15, 0.2) is 5.96 Å². The van der Waals surface area contributed by atoms with Crippen molar-refractivity contribution in [1.29, 1.82) is 0 Å². The first kappa shape index (κ1) is 30.4. The molecule has 0 aliphatic heterocycles. The molecule has 1 aromatic carbocycles. The number of carboxylic acids is 1. The van der Waals surface area contributed by atoms with Gasteiger partial charge in [0, 0.05) is 6.54 Å². The molecule has 4 unspecified atom stereocenters. The Kier molecular flexibility index (Phi) is 12.9. The number of nitrogens with one attached hydrogen (secondary N) is 3. The molecule has 0 bridgehead atoms. The molecule has 12 nitrogen and oxygen atoms in total. The zero-order valence-corrected chi connectivity index (χ0v) is 21.1. The van der Waals surface area contributed by atoms with Crippen molar-refractivity contribution < 1.29 is 24.3 Å². The van der Waals surface area contributed by atoms with Gasteiger partial charge in [0.2, 0.25) is 17.7 Å².